The molecule has 7 nitrogen and oxygen atoms in total. The predicted octanol–water partition coefficient (Wildman–Crippen LogP) is 0.665. The number of benzene rings is 1. The highest BCUT2D eigenvalue weighted by Crippen LogP contribution is 2.49. The quantitative estimate of drug-likeness (QED) is 0.734. The Kier molecular flexibility index (Phi) is 5.52. The van der Waals surface area contributed by atoms with E-state index in [1.165, 1.54) is 10.6 Å². The van der Waals surface area contributed by atoms with Crippen LogP contribution in [0.4, 0.5) is 0 Å². The third-order valence-corrected chi connectivity index (χ3v) is 6.86. The molecule has 3 rings (SSSR count). The summed E-state index contributed by atoms with van der Waals surface area (Å²) in [4.78, 5) is 15.1. The number of hydrogen-bond acceptors (Lipinski definition) is 5. The Morgan fingerprint density at radius 1 is 1.26 bits per heavy atom. The molecule has 1 aromatic rings. The summed E-state index contributed by atoms with van der Waals surface area (Å²) in [6.45, 7) is 1.51. The van der Waals surface area contributed by atoms with Gasteiger partial charge in [0, 0.05) is 31.6 Å². The molecule has 8 heteroatoms. The van der Waals surface area contributed by atoms with Crippen molar-refractivity contribution in [1.29, 1.82) is 0 Å². The second kappa shape index (κ2) is 7.41. The molecule has 150 valence electrons. The molecule has 1 heterocycles. The molecule has 0 bridgehead atoms. The summed E-state index contributed by atoms with van der Waals surface area (Å²) in [5.41, 5.74) is 0.496. The van der Waals surface area contributed by atoms with Gasteiger partial charge in [-0.05, 0) is 44.6 Å². The molecule has 27 heavy (non-hydrogen) atoms. The van der Waals surface area contributed by atoms with Crippen LogP contribution in [-0.4, -0.2) is 76.7 Å². The summed E-state index contributed by atoms with van der Waals surface area (Å²) in [5, 5.41) is 3.16. The van der Waals surface area contributed by atoms with Crippen LogP contribution < -0.4 is 10.1 Å². The van der Waals surface area contributed by atoms with E-state index >= 15 is 0 Å². The number of hydrogen-bond donors (Lipinski definition) is 1. The number of rotatable bonds is 7. The molecule has 0 spiro atoms. The van der Waals surface area contributed by atoms with Crippen molar-refractivity contribution < 1.29 is 17.9 Å². The van der Waals surface area contributed by atoms with E-state index in [9.17, 15) is 13.2 Å². The van der Waals surface area contributed by atoms with Crippen molar-refractivity contribution in [3.8, 4) is 5.75 Å². The largest absolute Gasteiger partial charge is 0.497 e. The summed E-state index contributed by atoms with van der Waals surface area (Å²) in [6.07, 6.45) is 2.85. The Morgan fingerprint density at radius 2 is 1.89 bits per heavy atom. The maximum Gasteiger partial charge on any atom is 0.230 e. The molecular formula is C19H29N3O4S. The van der Waals surface area contributed by atoms with Crippen LogP contribution in [0.2, 0.25) is 0 Å². The second-order valence-corrected chi connectivity index (χ2v) is 9.98. The van der Waals surface area contributed by atoms with Crippen molar-refractivity contribution in [3.63, 3.8) is 0 Å². The zero-order chi connectivity index (χ0) is 19.8. The first-order chi connectivity index (χ1) is 12.7. The molecule has 1 aliphatic heterocycles. The Labute approximate surface area is 161 Å². The smallest absolute Gasteiger partial charge is 0.230 e. The van der Waals surface area contributed by atoms with Crippen LogP contribution in [0.25, 0.3) is 0 Å². The minimum atomic E-state index is -3.27. The number of methoxy groups -OCH3 is 1. The minimum absolute atomic E-state index is 0.00299. The first-order valence-electron chi connectivity index (χ1n) is 9.21. The second-order valence-electron chi connectivity index (χ2n) is 7.99. The Hall–Kier alpha value is -1.64. The van der Waals surface area contributed by atoms with Crippen LogP contribution >= 0.6 is 0 Å². The number of ether oxygens (including phenoxy) is 1. The molecule has 1 saturated heterocycles. The van der Waals surface area contributed by atoms with Crippen molar-refractivity contribution in [3.05, 3.63) is 29.8 Å². The number of carbonyl (C=O) groups is 1. The fourth-order valence-electron chi connectivity index (χ4n) is 3.91. The first-order valence-corrected chi connectivity index (χ1v) is 11.1. The third-order valence-electron chi connectivity index (χ3n) is 5.62. The summed E-state index contributed by atoms with van der Waals surface area (Å²) >= 11 is 0. The summed E-state index contributed by atoms with van der Waals surface area (Å²) in [7, 11) is 2.27. The predicted molar refractivity (Wildman–Crippen MR) is 104 cm³/mol. The molecule has 2 fully saturated rings. The van der Waals surface area contributed by atoms with Gasteiger partial charge in [-0.1, -0.05) is 12.1 Å². The Balaban J connectivity index is 1.74. The third kappa shape index (κ3) is 4.28. The van der Waals surface area contributed by atoms with Crippen molar-refractivity contribution in [2.24, 2.45) is 5.92 Å². The zero-order valence-corrected chi connectivity index (χ0v) is 17.3. The van der Waals surface area contributed by atoms with Crippen LogP contribution in [0, 0.1) is 5.92 Å². The molecule has 1 aliphatic carbocycles. The van der Waals surface area contributed by atoms with Crippen LogP contribution in [0.3, 0.4) is 0 Å². The minimum Gasteiger partial charge on any atom is -0.497 e. The van der Waals surface area contributed by atoms with Crippen molar-refractivity contribution in [1.82, 2.24) is 14.5 Å². The summed E-state index contributed by atoms with van der Waals surface area (Å²) in [6, 6.07) is 7.46. The first kappa shape index (κ1) is 20.1. The van der Waals surface area contributed by atoms with Crippen LogP contribution in [0.5, 0.6) is 5.75 Å². The standard InChI is InChI=1S/C19H29N3O4S/c1-21(2)11-14-12-22(27(4,24)25)13-17(14)20-18(23)19(9-10-19)15-5-7-16(26-3)8-6-15/h5-8,14,17H,9-13H2,1-4H3,(H,20,23)/t14-,17-/m1/s1. The molecule has 1 N–H and O–H groups in total. The Morgan fingerprint density at radius 3 is 2.37 bits per heavy atom. The zero-order valence-electron chi connectivity index (χ0n) is 16.4. The lowest BCUT2D eigenvalue weighted by molar-refractivity contribution is -0.124. The molecule has 0 aromatic heterocycles. The van der Waals surface area contributed by atoms with Gasteiger partial charge in [0.2, 0.25) is 15.9 Å². The summed E-state index contributed by atoms with van der Waals surface area (Å²) < 4.78 is 30.6. The SMILES string of the molecule is COc1ccc(C2(C(=O)N[C@@H]3CN(S(C)(=O)=O)C[C@H]3CN(C)C)CC2)cc1. The average Bonchev–Trinajstić information content (AvgIpc) is 3.32. The number of sulfonamides is 1. The van der Waals surface area contributed by atoms with Gasteiger partial charge in [0.1, 0.15) is 5.75 Å². The Bertz CT molecular complexity index is 788. The maximum atomic E-state index is 13.1. The van der Waals surface area contributed by atoms with Gasteiger partial charge in [0.15, 0.2) is 0 Å². The van der Waals surface area contributed by atoms with Gasteiger partial charge in [-0.15, -0.1) is 0 Å². The van der Waals surface area contributed by atoms with E-state index < -0.39 is 15.4 Å². The molecular weight excluding hydrogens is 366 g/mol. The fourth-order valence-corrected chi connectivity index (χ4v) is 4.80. The van der Waals surface area contributed by atoms with E-state index in [2.05, 4.69) is 5.32 Å². The molecule has 0 radical (unpaired) electrons. The van der Waals surface area contributed by atoms with E-state index in [-0.39, 0.29) is 17.9 Å². The summed E-state index contributed by atoms with van der Waals surface area (Å²) in [5.74, 6) is 0.836. The monoisotopic (exact) mass is 395 g/mol. The van der Waals surface area contributed by atoms with Crippen molar-refractivity contribution in [2.75, 3.05) is 47.1 Å². The van der Waals surface area contributed by atoms with Gasteiger partial charge >= 0.3 is 0 Å². The highest BCUT2D eigenvalue weighted by atomic mass is 32.2. The number of amides is 1. The lowest BCUT2D eigenvalue weighted by atomic mass is 9.93. The number of nitrogens with one attached hydrogen (secondary N) is 1. The van der Waals surface area contributed by atoms with E-state index in [1.807, 2.05) is 43.3 Å². The maximum absolute atomic E-state index is 13.1. The van der Waals surface area contributed by atoms with Crippen molar-refractivity contribution in [2.45, 2.75) is 24.3 Å². The number of carbonyl (C=O) groups excluding carboxylic acids is 1. The van der Waals surface area contributed by atoms with Gasteiger partial charge in [-0.3, -0.25) is 4.79 Å². The molecule has 1 amide bonds. The average molecular weight is 396 g/mol. The molecule has 2 aliphatic rings. The highest BCUT2D eigenvalue weighted by Gasteiger charge is 2.52. The van der Waals surface area contributed by atoms with Gasteiger partial charge < -0.3 is 15.0 Å². The van der Waals surface area contributed by atoms with Gasteiger partial charge in [0.05, 0.1) is 18.8 Å². The van der Waals surface area contributed by atoms with Gasteiger partial charge in [0.25, 0.3) is 0 Å². The molecule has 1 aromatic carbocycles. The van der Waals surface area contributed by atoms with E-state index in [0.29, 0.717) is 13.1 Å². The molecule has 0 unspecified atom stereocenters. The van der Waals surface area contributed by atoms with E-state index in [1.54, 1.807) is 7.11 Å². The van der Waals surface area contributed by atoms with Gasteiger partial charge in [-0.25, -0.2) is 8.42 Å². The normalized spacial score (nSPS) is 24.8. The lowest BCUT2D eigenvalue weighted by Crippen LogP contribution is -2.47. The van der Waals surface area contributed by atoms with Gasteiger partial charge in [-0.2, -0.15) is 4.31 Å². The highest BCUT2D eigenvalue weighted by molar-refractivity contribution is 7.88. The van der Waals surface area contributed by atoms with Crippen LogP contribution in [0.15, 0.2) is 24.3 Å². The fraction of sp³-hybridized carbons (Fsp3) is 0.632. The van der Waals surface area contributed by atoms with E-state index in [0.717, 1.165) is 30.7 Å². The lowest BCUT2D eigenvalue weighted by Gasteiger charge is -2.25. The van der Waals surface area contributed by atoms with Crippen LogP contribution in [0.1, 0.15) is 18.4 Å². The van der Waals surface area contributed by atoms with E-state index in [4.69, 9.17) is 4.74 Å². The molecule has 1 saturated carbocycles. The molecule has 2 atom stereocenters. The number of nitrogens with zero attached hydrogens (tertiary/aromatic N) is 2. The van der Waals surface area contributed by atoms with Crippen molar-refractivity contribution >= 4 is 15.9 Å². The van der Waals surface area contributed by atoms with Crippen LogP contribution in [-0.2, 0) is 20.2 Å². The topological polar surface area (TPSA) is 79.0 Å².